The van der Waals surface area contributed by atoms with Crippen LogP contribution in [-0.4, -0.2) is 65.4 Å². The van der Waals surface area contributed by atoms with Crippen molar-refractivity contribution in [2.75, 3.05) is 19.4 Å². The molecule has 2 heterocycles. The molecule has 1 aliphatic carbocycles. The second-order valence-corrected chi connectivity index (χ2v) is 12.9. The van der Waals surface area contributed by atoms with Crippen LogP contribution in [0.2, 0.25) is 0 Å². The van der Waals surface area contributed by atoms with Crippen molar-refractivity contribution in [2.45, 2.75) is 56.5 Å². The molecule has 1 fully saturated rings. The number of hydrogen-bond donors (Lipinski definition) is 2. The molecule has 1 amide bonds. The largest absolute Gasteiger partial charge is 0.445 e. The molecule has 0 saturated heterocycles. The van der Waals surface area contributed by atoms with Gasteiger partial charge in [-0.05, 0) is 56.1 Å². The summed E-state index contributed by atoms with van der Waals surface area (Å²) in [5.41, 5.74) is 8.17. The molecule has 1 aromatic heterocycles. The first-order chi connectivity index (χ1) is 18.5. The molecule has 3 N–H and O–H groups in total. The maximum absolute atomic E-state index is 13.0. The Labute approximate surface area is 229 Å². The molecule has 1 aromatic carbocycles. The molecular weight excluding hydrogens is 518 g/mol. The van der Waals surface area contributed by atoms with E-state index in [0.717, 1.165) is 30.4 Å². The van der Waals surface area contributed by atoms with Gasteiger partial charge in [0.25, 0.3) is 0 Å². The summed E-state index contributed by atoms with van der Waals surface area (Å²) >= 11 is 0. The summed E-state index contributed by atoms with van der Waals surface area (Å²) < 4.78 is 30.7. The van der Waals surface area contributed by atoms with E-state index < -0.39 is 26.8 Å². The summed E-state index contributed by atoms with van der Waals surface area (Å²) in [6.07, 6.45) is 3.55. The van der Waals surface area contributed by atoms with Crippen LogP contribution in [0.4, 0.5) is 4.79 Å². The van der Waals surface area contributed by atoms with E-state index in [1.54, 1.807) is 12.3 Å². The molecule has 9 nitrogen and oxygen atoms in total. The first-order valence-electron chi connectivity index (χ1n) is 12.8. The fraction of sp³-hybridized carbons (Fsp3) is 0.448. The number of aryl methyl sites for hydroxylation is 1. The topological polar surface area (TPSA) is 132 Å². The van der Waals surface area contributed by atoms with Crippen LogP contribution in [0.1, 0.15) is 49.4 Å². The number of aromatic nitrogens is 1. The molecule has 0 unspecified atom stereocenters. The van der Waals surface area contributed by atoms with E-state index in [9.17, 15) is 23.1 Å². The van der Waals surface area contributed by atoms with Gasteiger partial charge in [-0.2, -0.15) is 0 Å². The second-order valence-electron chi connectivity index (χ2n) is 10.5. The zero-order valence-electron chi connectivity index (χ0n) is 22.1. The molecule has 4 rings (SSSR count). The Balaban J connectivity index is 1.35. The average molecular weight is 552 g/mol. The first kappa shape index (κ1) is 28.4. The number of esters is 1. The van der Waals surface area contributed by atoms with Crippen LogP contribution in [0.15, 0.2) is 42.6 Å². The van der Waals surface area contributed by atoms with Gasteiger partial charge in [-0.1, -0.05) is 42.2 Å². The van der Waals surface area contributed by atoms with Crippen LogP contribution < -0.4 is 5.73 Å². The number of aliphatic hydroxyl groups is 1. The van der Waals surface area contributed by atoms with E-state index in [1.165, 1.54) is 16.4 Å². The number of amides is 1. The number of ether oxygens (including phenoxy) is 1. The molecule has 2 aliphatic rings. The van der Waals surface area contributed by atoms with Crippen molar-refractivity contribution < 1.29 is 27.9 Å². The van der Waals surface area contributed by atoms with Crippen molar-refractivity contribution in [3.63, 3.8) is 0 Å². The molecule has 10 heteroatoms. The lowest BCUT2D eigenvalue weighted by molar-refractivity contribution is -0.150. The molecule has 0 spiro atoms. The Morgan fingerprint density at radius 2 is 1.97 bits per heavy atom. The Morgan fingerprint density at radius 1 is 1.26 bits per heavy atom. The highest BCUT2D eigenvalue weighted by atomic mass is 32.2. The molecule has 0 bridgehead atoms. The first-order valence-corrected chi connectivity index (χ1v) is 14.7. The van der Waals surface area contributed by atoms with Gasteiger partial charge in [0.05, 0.1) is 18.6 Å². The zero-order chi connectivity index (χ0) is 28.3. The number of aliphatic hydroxyl groups excluding tert-OH is 1. The summed E-state index contributed by atoms with van der Waals surface area (Å²) in [7, 11) is -3.76. The van der Waals surface area contributed by atoms with Crippen LogP contribution in [0.5, 0.6) is 0 Å². The normalized spacial score (nSPS) is 17.6. The molecule has 39 heavy (non-hydrogen) atoms. The van der Waals surface area contributed by atoms with Crippen molar-refractivity contribution in [3.05, 3.63) is 59.4 Å². The van der Waals surface area contributed by atoms with Crippen LogP contribution in [0, 0.1) is 29.1 Å². The van der Waals surface area contributed by atoms with Crippen LogP contribution in [-0.2, 0) is 32.3 Å². The van der Waals surface area contributed by atoms with E-state index in [0.29, 0.717) is 12.0 Å². The fourth-order valence-corrected chi connectivity index (χ4v) is 5.25. The maximum Gasteiger partial charge on any atom is 0.328 e. The molecular formula is C29H33N3O6S. The smallest absolute Gasteiger partial charge is 0.328 e. The van der Waals surface area contributed by atoms with Gasteiger partial charge < -0.3 is 14.7 Å². The van der Waals surface area contributed by atoms with E-state index in [-0.39, 0.29) is 44.0 Å². The molecule has 1 aliphatic heterocycles. The van der Waals surface area contributed by atoms with Gasteiger partial charge in [-0.25, -0.2) is 13.2 Å². The fourth-order valence-electron chi connectivity index (χ4n) is 4.32. The lowest BCUT2D eigenvalue weighted by atomic mass is 10.0. The highest BCUT2D eigenvalue weighted by molar-refractivity contribution is 7.92. The minimum atomic E-state index is -3.76. The second kappa shape index (κ2) is 11.3. The quantitative estimate of drug-likeness (QED) is 0.262. The van der Waals surface area contributed by atoms with Gasteiger partial charge in [-0.15, -0.1) is 0 Å². The van der Waals surface area contributed by atoms with Gasteiger partial charge in [0.15, 0.2) is 16.1 Å². The minimum absolute atomic E-state index is 0.00952. The standard InChI is InChI=1S/C29H33N3O6S/c1-28(39(2,36)37,26(30)38-25(34)12-11-22-8-4-3-5-9-22)16-17-31-20-24-18-23(19-32(24)27(31)35)10-6-7-13-29(21-33)14-15-29/h3-5,8-9,18-19,26,33H,11-12,14-17,20-21,30H2,1-2H3/t26-,28-/m1/s1. The predicted molar refractivity (Wildman–Crippen MR) is 146 cm³/mol. The summed E-state index contributed by atoms with van der Waals surface area (Å²) in [4.78, 5) is 26.9. The van der Waals surface area contributed by atoms with Crippen LogP contribution in [0.25, 0.3) is 0 Å². The van der Waals surface area contributed by atoms with Crippen molar-refractivity contribution in [2.24, 2.45) is 11.1 Å². The molecule has 2 aromatic rings. The van der Waals surface area contributed by atoms with Crippen LogP contribution >= 0.6 is 0 Å². The highest BCUT2D eigenvalue weighted by Crippen LogP contribution is 2.44. The zero-order valence-corrected chi connectivity index (χ0v) is 23.0. The maximum atomic E-state index is 13.0. The van der Waals surface area contributed by atoms with Crippen molar-refractivity contribution >= 4 is 21.8 Å². The van der Waals surface area contributed by atoms with Gasteiger partial charge >= 0.3 is 12.0 Å². The Kier molecular flexibility index (Phi) is 8.22. The molecule has 206 valence electrons. The SMILES string of the molecule is C[C@@](CCN1Cc2cc(C#CC#CC3(CO)CC3)cn2C1=O)([C@H](N)OC(=O)CCc1ccccc1)S(C)(=O)=O. The lowest BCUT2D eigenvalue weighted by Crippen LogP contribution is -2.54. The molecule has 2 atom stereocenters. The summed E-state index contributed by atoms with van der Waals surface area (Å²) in [6.45, 7) is 1.86. The third kappa shape index (κ3) is 6.54. The van der Waals surface area contributed by atoms with Crippen LogP contribution in [0.3, 0.4) is 0 Å². The Morgan fingerprint density at radius 3 is 2.59 bits per heavy atom. The minimum Gasteiger partial charge on any atom is -0.445 e. The van der Waals surface area contributed by atoms with Crippen molar-refractivity contribution in [3.8, 4) is 23.7 Å². The number of nitrogens with two attached hydrogens (primary N) is 1. The average Bonchev–Trinajstić information content (AvgIpc) is 3.49. The molecule has 1 saturated carbocycles. The van der Waals surface area contributed by atoms with Crippen molar-refractivity contribution in [1.29, 1.82) is 0 Å². The predicted octanol–water partition coefficient (Wildman–Crippen LogP) is 2.05. The number of fused-ring (bicyclic) bond motifs is 1. The van der Waals surface area contributed by atoms with Gasteiger partial charge in [0.2, 0.25) is 0 Å². The number of benzene rings is 1. The highest BCUT2D eigenvalue weighted by Gasteiger charge is 2.45. The number of rotatable bonds is 10. The molecule has 0 radical (unpaired) electrons. The summed E-state index contributed by atoms with van der Waals surface area (Å²) in [5.74, 6) is 10.9. The summed E-state index contributed by atoms with van der Waals surface area (Å²) in [6, 6.07) is 10.9. The van der Waals surface area contributed by atoms with E-state index in [2.05, 4.69) is 23.7 Å². The lowest BCUT2D eigenvalue weighted by Gasteiger charge is -2.34. The number of nitrogens with zero attached hydrogens (tertiary/aromatic N) is 2. The van der Waals surface area contributed by atoms with Gasteiger partial charge in [0.1, 0.15) is 4.75 Å². The van der Waals surface area contributed by atoms with Crippen molar-refractivity contribution in [1.82, 2.24) is 9.47 Å². The van der Waals surface area contributed by atoms with E-state index in [1.807, 2.05) is 30.3 Å². The van der Waals surface area contributed by atoms with E-state index >= 15 is 0 Å². The Bertz CT molecular complexity index is 1470. The number of sulfone groups is 1. The van der Waals surface area contributed by atoms with Gasteiger partial charge in [-0.3, -0.25) is 15.1 Å². The summed E-state index contributed by atoms with van der Waals surface area (Å²) in [5, 5.41) is 9.32. The number of carbonyl (C=O) groups is 2. The number of hydrogen-bond acceptors (Lipinski definition) is 7. The monoisotopic (exact) mass is 551 g/mol. The van der Waals surface area contributed by atoms with E-state index in [4.69, 9.17) is 10.5 Å². The third-order valence-corrected chi connectivity index (χ3v) is 9.66. The Hall–Kier alpha value is -3.57. The van der Waals surface area contributed by atoms with Gasteiger partial charge in [0, 0.05) is 36.7 Å². The number of carbonyl (C=O) groups excluding carboxylic acids is 2. The third-order valence-electron chi connectivity index (χ3n) is 7.53.